The molecule has 0 aliphatic rings. The van der Waals surface area contributed by atoms with Gasteiger partial charge in [-0.1, -0.05) is 40.5 Å². The van der Waals surface area contributed by atoms with Crippen LogP contribution in [0.2, 0.25) is 0 Å². The molecule has 0 saturated heterocycles. The molecule has 24 heavy (non-hydrogen) atoms. The summed E-state index contributed by atoms with van der Waals surface area (Å²) in [7, 11) is 0. The second kappa shape index (κ2) is 6.66. The molecule has 2 aromatic carbocycles. The summed E-state index contributed by atoms with van der Waals surface area (Å²) in [5, 5.41) is 6.78. The van der Waals surface area contributed by atoms with Crippen molar-refractivity contribution in [1.82, 2.24) is 10.1 Å². The largest absolute Gasteiger partial charge is 0.339 e. The van der Waals surface area contributed by atoms with Gasteiger partial charge in [-0.2, -0.15) is 4.98 Å². The van der Waals surface area contributed by atoms with E-state index in [0.717, 1.165) is 22.4 Å². The number of aromatic nitrogens is 2. The van der Waals surface area contributed by atoms with Crippen LogP contribution < -0.4 is 5.32 Å². The van der Waals surface area contributed by atoms with Crippen LogP contribution in [0.5, 0.6) is 0 Å². The van der Waals surface area contributed by atoms with Crippen molar-refractivity contribution in [3.05, 3.63) is 76.4 Å². The standard InChI is InChI=1S/C19H19N3O2/c1-12-8-13(2)10-16(9-12)19(23)21-17-7-5-4-6-15(17)11-18-20-14(3)22-24-18/h4-10H,11H2,1-3H3,(H,21,23). The van der Waals surface area contributed by atoms with E-state index in [0.29, 0.717) is 23.7 Å². The number of rotatable bonds is 4. The third-order valence-electron chi connectivity index (χ3n) is 3.66. The summed E-state index contributed by atoms with van der Waals surface area (Å²) < 4.78 is 5.17. The SMILES string of the molecule is Cc1cc(C)cc(C(=O)Nc2ccccc2Cc2nc(C)no2)c1. The lowest BCUT2D eigenvalue weighted by Crippen LogP contribution is -2.14. The van der Waals surface area contributed by atoms with Gasteiger partial charge in [0.1, 0.15) is 0 Å². The fourth-order valence-corrected chi connectivity index (χ4v) is 2.67. The number of amides is 1. The zero-order valence-corrected chi connectivity index (χ0v) is 14.0. The molecule has 5 nitrogen and oxygen atoms in total. The van der Waals surface area contributed by atoms with Gasteiger partial charge in [-0.05, 0) is 44.5 Å². The van der Waals surface area contributed by atoms with Gasteiger partial charge in [-0.3, -0.25) is 4.79 Å². The van der Waals surface area contributed by atoms with E-state index in [2.05, 4.69) is 15.5 Å². The Morgan fingerprint density at radius 2 is 1.79 bits per heavy atom. The number of hydrogen-bond donors (Lipinski definition) is 1. The second-order valence-corrected chi connectivity index (χ2v) is 5.90. The summed E-state index contributed by atoms with van der Waals surface area (Å²) in [5.74, 6) is 0.998. The molecular formula is C19H19N3O2. The van der Waals surface area contributed by atoms with Crippen LogP contribution in [0, 0.1) is 20.8 Å². The summed E-state index contributed by atoms with van der Waals surface area (Å²) in [5.41, 5.74) is 4.46. The highest BCUT2D eigenvalue weighted by molar-refractivity contribution is 6.04. The molecule has 1 heterocycles. The van der Waals surface area contributed by atoms with Crippen molar-refractivity contribution >= 4 is 11.6 Å². The molecule has 122 valence electrons. The van der Waals surface area contributed by atoms with Gasteiger partial charge < -0.3 is 9.84 Å². The fourth-order valence-electron chi connectivity index (χ4n) is 2.67. The number of carbonyl (C=O) groups is 1. The third kappa shape index (κ3) is 3.68. The highest BCUT2D eigenvalue weighted by Gasteiger charge is 2.12. The maximum atomic E-state index is 12.6. The van der Waals surface area contributed by atoms with Crippen LogP contribution in [0.25, 0.3) is 0 Å². The fraction of sp³-hybridized carbons (Fsp3) is 0.211. The Balaban J connectivity index is 1.83. The highest BCUT2D eigenvalue weighted by Crippen LogP contribution is 2.20. The molecule has 0 unspecified atom stereocenters. The number of carbonyl (C=O) groups excluding carboxylic acids is 1. The quantitative estimate of drug-likeness (QED) is 0.793. The van der Waals surface area contributed by atoms with Gasteiger partial charge in [0.15, 0.2) is 5.82 Å². The summed E-state index contributed by atoms with van der Waals surface area (Å²) >= 11 is 0. The number of anilines is 1. The molecule has 0 aliphatic heterocycles. The highest BCUT2D eigenvalue weighted by atomic mass is 16.5. The Bertz CT molecular complexity index is 864. The van der Waals surface area contributed by atoms with E-state index in [1.807, 2.05) is 56.3 Å². The first-order valence-electron chi connectivity index (χ1n) is 7.78. The van der Waals surface area contributed by atoms with Crippen molar-refractivity contribution in [3.8, 4) is 0 Å². The first-order valence-corrected chi connectivity index (χ1v) is 7.78. The van der Waals surface area contributed by atoms with E-state index in [-0.39, 0.29) is 5.91 Å². The first kappa shape index (κ1) is 15.9. The van der Waals surface area contributed by atoms with E-state index in [4.69, 9.17) is 4.52 Å². The molecule has 0 fully saturated rings. The molecule has 3 aromatic rings. The lowest BCUT2D eigenvalue weighted by Gasteiger charge is -2.11. The number of nitrogens with zero attached hydrogens (tertiary/aromatic N) is 2. The minimum Gasteiger partial charge on any atom is -0.339 e. The molecule has 0 saturated carbocycles. The van der Waals surface area contributed by atoms with Crippen LogP contribution in [0.15, 0.2) is 47.0 Å². The zero-order valence-electron chi connectivity index (χ0n) is 14.0. The van der Waals surface area contributed by atoms with Gasteiger partial charge >= 0.3 is 0 Å². The van der Waals surface area contributed by atoms with Crippen LogP contribution in [0.3, 0.4) is 0 Å². The van der Waals surface area contributed by atoms with Crippen molar-refractivity contribution in [2.45, 2.75) is 27.2 Å². The van der Waals surface area contributed by atoms with Crippen molar-refractivity contribution in [3.63, 3.8) is 0 Å². The normalized spacial score (nSPS) is 10.6. The topological polar surface area (TPSA) is 68.0 Å². The third-order valence-corrected chi connectivity index (χ3v) is 3.66. The minimum atomic E-state index is -0.129. The van der Waals surface area contributed by atoms with Gasteiger partial charge in [0.2, 0.25) is 5.89 Å². The van der Waals surface area contributed by atoms with Crippen molar-refractivity contribution < 1.29 is 9.32 Å². The van der Waals surface area contributed by atoms with E-state index < -0.39 is 0 Å². The second-order valence-electron chi connectivity index (χ2n) is 5.90. The van der Waals surface area contributed by atoms with Gasteiger partial charge in [0.25, 0.3) is 5.91 Å². The number of benzene rings is 2. The molecule has 3 rings (SSSR count). The minimum absolute atomic E-state index is 0.129. The lowest BCUT2D eigenvalue weighted by atomic mass is 10.1. The smallest absolute Gasteiger partial charge is 0.255 e. The van der Waals surface area contributed by atoms with Crippen LogP contribution in [-0.2, 0) is 6.42 Å². The van der Waals surface area contributed by atoms with Crippen molar-refractivity contribution in [2.24, 2.45) is 0 Å². The summed E-state index contributed by atoms with van der Waals surface area (Å²) in [6.45, 7) is 5.74. The molecule has 0 spiro atoms. The predicted octanol–water partition coefficient (Wildman–Crippen LogP) is 3.84. The van der Waals surface area contributed by atoms with Crippen LogP contribution >= 0.6 is 0 Å². The Kier molecular flexibility index (Phi) is 4.42. The number of nitrogens with one attached hydrogen (secondary N) is 1. The van der Waals surface area contributed by atoms with Gasteiger partial charge in [-0.15, -0.1) is 0 Å². The van der Waals surface area contributed by atoms with E-state index in [9.17, 15) is 4.79 Å². The van der Waals surface area contributed by atoms with Crippen molar-refractivity contribution in [1.29, 1.82) is 0 Å². The molecule has 1 aromatic heterocycles. The molecule has 0 radical (unpaired) electrons. The van der Waals surface area contributed by atoms with Gasteiger partial charge in [0, 0.05) is 11.3 Å². The Hall–Kier alpha value is -2.95. The predicted molar refractivity (Wildman–Crippen MR) is 92.2 cm³/mol. The van der Waals surface area contributed by atoms with Crippen LogP contribution in [0.1, 0.15) is 38.8 Å². The average molecular weight is 321 g/mol. The van der Waals surface area contributed by atoms with Crippen molar-refractivity contribution in [2.75, 3.05) is 5.32 Å². The Labute approximate surface area is 140 Å². The molecule has 5 heteroatoms. The summed E-state index contributed by atoms with van der Waals surface area (Å²) in [6.07, 6.45) is 0.476. The van der Waals surface area contributed by atoms with Gasteiger partial charge in [-0.25, -0.2) is 0 Å². The molecule has 0 bridgehead atoms. The Morgan fingerprint density at radius 1 is 1.08 bits per heavy atom. The summed E-state index contributed by atoms with van der Waals surface area (Å²) in [6, 6.07) is 13.4. The van der Waals surface area contributed by atoms with Gasteiger partial charge in [0.05, 0.1) is 6.42 Å². The summed E-state index contributed by atoms with van der Waals surface area (Å²) in [4.78, 5) is 16.8. The molecule has 1 N–H and O–H groups in total. The first-order chi connectivity index (χ1) is 11.5. The zero-order chi connectivity index (χ0) is 17.1. The van der Waals surface area contributed by atoms with Crippen LogP contribution in [0.4, 0.5) is 5.69 Å². The monoisotopic (exact) mass is 321 g/mol. The number of aryl methyl sites for hydroxylation is 3. The molecular weight excluding hydrogens is 302 g/mol. The Morgan fingerprint density at radius 3 is 2.46 bits per heavy atom. The molecule has 0 aliphatic carbocycles. The van der Waals surface area contributed by atoms with E-state index in [1.54, 1.807) is 6.92 Å². The van der Waals surface area contributed by atoms with E-state index >= 15 is 0 Å². The van der Waals surface area contributed by atoms with E-state index in [1.165, 1.54) is 0 Å². The maximum Gasteiger partial charge on any atom is 0.255 e. The molecule has 0 atom stereocenters. The van der Waals surface area contributed by atoms with Crippen LogP contribution in [-0.4, -0.2) is 16.0 Å². The number of para-hydroxylation sites is 1. The molecule has 1 amide bonds. The number of hydrogen-bond acceptors (Lipinski definition) is 4. The lowest BCUT2D eigenvalue weighted by molar-refractivity contribution is 0.102. The average Bonchev–Trinajstić information content (AvgIpc) is 2.93. The maximum absolute atomic E-state index is 12.6.